The lowest BCUT2D eigenvalue weighted by Crippen LogP contribution is -2.07. The van der Waals surface area contributed by atoms with Gasteiger partial charge in [-0.1, -0.05) is 6.07 Å². The fraction of sp³-hybridized carbons (Fsp3) is 0.455. The number of phenolic OH excluding ortho intramolecular Hbond substituents is 1. The Morgan fingerprint density at radius 3 is 2.36 bits per heavy atom. The van der Waals surface area contributed by atoms with Crippen LogP contribution in [-0.2, 0) is 0 Å². The van der Waals surface area contributed by atoms with Crippen LogP contribution in [0.25, 0.3) is 0 Å². The predicted octanol–water partition coefficient (Wildman–Crippen LogP) is 2.20. The monoisotopic (exact) mass is 195 g/mol. The zero-order valence-electron chi connectivity index (χ0n) is 8.82. The summed E-state index contributed by atoms with van der Waals surface area (Å²) in [4.78, 5) is 0. The number of rotatable bonds is 3. The van der Waals surface area contributed by atoms with Crippen LogP contribution in [0.15, 0.2) is 18.2 Å². The minimum atomic E-state index is -0.0750. The second-order valence-electron chi connectivity index (χ2n) is 3.68. The highest BCUT2D eigenvalue weighted by Gasteiger charge is 2.07. The normalized spacial score (nSPS) is 12.9. The molecule has 0 saturated carbocycles. The van der Waals surface area contributed by atoms with E-state index in [9.17, 15) is 5.11 Å². The second kappa shape index (κ2) is 4.33. The molecule has 0 aliphatic heterocycles. The quantitative estimate of drug-likeness (QED) is 0.777. The molecule has 0 aliphatic rings. The maximum Gasteiger partial charge on any atom is 0.161 e. The molecule has 0 fully saturated rings. The van der Waals surface area contributed by atoms with Crippen molar-refractivity contribution in [1.29, 1.82) is 0 Å². The molecule has 0 amide bonds. The maximum absolute atomic E-state index is 9.61. The molecule has 1 rings (SSSR count). The fourth-order valence-electron chi connectivity index (χ4n) is 1.17. The zero-order chi connectivity index (χ0) is 10.7. The van der Waals surface area contributed by atoms with E-state index in [1.807, 2.05) is 26.8 Å². The standard InChI is InChI=1S/C11H17NO2/c1-7(2)14-11-5-4-9(8(3)12)6-10(11)13/h4-8,13H,12H2,1-3H3. The van der Waals surface area contributed by atoms with E-state index in [-0.39, 0.29) is 17.9 Å². The Bertz CT molecular complexity index is 308. The van der Waals surface area contributed by atoms with Crippen LogP contribution in [0.5, 0.6) is 11.5 Å². The van der Waals surface area contributed by atoms with Crippen LogP contribution in [0, 0.1) is 0 Å². The molecule has 3 heteroatoms. The zero-order valence-corrected chi connectivity index (χ0v) is 8.82. The highest BCUT2D eigenvalue weighted by molar-refractivity contribution is 5.42. The summed E-state index contributed by atoms with van der Waals surface area (Å²) >= 11 is 0. The molecule has 0 aliphatic carbocycles. The van der Waals surface area contributed by atoms with Gasteiger partial charge >= 0.3 is 0 Å². The molecule has 0 spiro atoms. The van der Waals surface area contributed by atoms with Crippen molar-refractivity contribution in [2.24, 2.45) is 5.73 Å². The van der Waals surface area contributed by atoms with Gasteiger partial charge in [-0.05, 0) is 38.5 Å². The number of aromatic hydroxyl groups is 1. The number of hydrogen-bond acceptors (Lipinski definition) is 3. The van der Waals surface area contributed by atoms with Gasteiger partial charge in [0.15, 0.2) is 11.5 Å². The van der Waals surface area contributed by atoms with Gasteiger partial charge in [0.2, 0.25) is 0 Å². The number of benzene rings is 1. The third kappa shape index (κ3) is 2.64. The van der Waals surface area contributed by atoms with Gasteiger partial charge in [0.25, 0.3) is 0 Å². The van der Waals surface area contributed by atoms with Gasteiger partial charge in [-0.3, -0.25) is 0 Å². The molecule has 1 atom stereocenters. The Kier molecular flexibility index (Phi) is 3.36. The highest BCUT2D eigenvalue weighted by atomic mass is 16.5. The third-order valence-electron chi connectivity index (χ3n) is 1.87. The van der Waals surface area contributed by atoms with Crippen LogP contribution < -0.4 is 10.5 Å². The first kappa shape index (κ1) is 10.9. The number of ether oxygens (including phenoxy) is 1. The van der Waals surface area contributed by atoms with Crippen LogP contribution in [0.1, 0.15) is 32.4 Å². The number of nitrogens with two attached hydrogens (primary N) is 1. The molecule has 3 nitrogen and oxygen atoms in total. The summed E-state index contributed by atoms with van der Waals surface area (Å²) in [6.45, 7) is 5.70. The Balaban J connectivity index is 2.90. The van der Waals surface area contributed by atoms with Gasteiger partial charge in [-0.15, -0.1) is 0 Å². The molecule has 3 N–H and O–H groups in total. The van der Waals surface area contributed by atoms with Crippen molar-refractivity contribution in [2.75, 3.05) is 0 Å². The van der Waals surface area contributed by atoms with E-state index >= 15 is 0 Å². The molecule has 0 bridgehead atoms. The number of hydrogen-bond donors (Lipinski definition) is 2. The Labute approximate surface area is 84.5 Å². The molecule has 1 aromatic carbocycles. The van der Waals surface area contributed by atoms with Crippen LogP contribution in [-0.4, -0.2) is 11.2 Å². The third-order valence-corrected chi connectivity index (χ3v) is 1.87. The van der Waals surface area contributed by atoms with Gasteiger partial charge in [-0.2, -0.15) is 0 Å². The van der Waals surface area contributed by atoms with Crippen LogP contribution in [0.4, 0.5) is 0 Å². The SMILES string of the molecule is CC(C)Oc1ccc(C(C)N)cc1O. The molecule has 0 saturated heterocycles. The van der Waals surface area contributed by atoms with Gasteiger partial charge in [0.05, 0.1) is 6.10 Å². The van der Waals surface area contributed by atoms with Crippen molar-refractivity contribution in [3.05, 3.63) is 23.8 Å². The molecule has 1 aromatic rings. The van der Waals surface area contributed by atoms with E-state index in [2.05, 4.69) is 0 Å². The Morgan fingerprint density at radius 1 is 1.29 bits per heavy atom. The minimum absolute atomic E-state index is 0.0575. The highest BCUT2D eigenvalue weighted by Crippen LogP contribution is 2.29. The first-order valence-electron chi connectivity index (χ1n) is 4.76. The van der Waals surface area contributed by atoms with Crippen molar-refractivity contribution in [3.63, 3.8) is 0 Å². The van der Waals surface area contributed by atoms with Crippen LogP contribution >= 0.6 is 0 Å². The van der Waals surface area contributed by atoms with Crippen LogP contribution in [0.3, 0.4) is 0 Å². The van der Waals surface area contributed by atoms with Crippen LogP contribution in [0.2, 0.25) is 0 Å². The lowest BCUT2D eigenvalue weighted by atomic mass is 10.1. The smallest absolute Gasteiger partial charge is 0.161 e. The predicted molar refractivity (Wildman–Crippen MR) is 56.5 cm³/mol. The Morgan fingerprint density at radius 2 is 1.93 bits per heavy atom. The van der Waals surface area contributed by atoms with Gasteiger partial charge < -0.3 is 15.6 Å². The summed E-state index contributed by atoms with van der Waals surface area (Å²) in [5.41, 5.74) is 6.58. The summed E-state index contributed by atoms with van der Waals surface area (Å²) in [6.07, 6.45) is 0.0575. The lowest BCUT2D eigenvalue weighted by Gasteiger charge is -2.13. The summed E-state index contributed by atoms with van der Waals surface area (Å²) in [6, 6.07) is 5.17. The largest absolute Gasteiger partial charge is 0.504 e. The summed E-state index contributed by atoms with van der Waals surface area (Å²) in [5, 5.41) is 9.61. The molecule has 1 unspecified atom stereocenters. The molecule has 78 valence electrons. The van der Waals surface area contributed by atoms with Gasteiger partial charge in [-0.25, -0.2) is 0 Å². The molecular weight excluding hydrogens is 178 g/mol. The van der Waals surface area contributed by atoms with Gasteiger partial charge in [0, 0.05) is 6.04 Å². The molecule has 14 heavy (non-hydrogen) atoms. The summed E-state index contributed by atoms with van der Waals surface area (Å²) in [7, 11) is 0. The molecule has 0 aromatic heterocycles. The van der Waals surface area contributed by atoms with Gasteiger partial charge in [0.1, 0.15) is 0 Å². The van der Waals surface area contributed by atoms with E-state index in [0.717, 1.165) is 5.56 Å². The topological polar surface area (TPSA) is 55.5 Å². The first-order chi connectivity index (χ1) is 6.50. The fourth-order valence-corrected chi connectivity index (χ4v) is 1.17. The molecular formula is C11H17NO2. The van der Waals surface area contributed by atoms with Crippen molar-refractivity contribution in [3.8, 4) is 11.5 Å². The summed E-state index contributed by atoms with van der Waals surface area (Å²) < 4.78 is 5.39. The van der Waals surface area contributed by atoms with E-state index in [0.29, 0.717) is 5.75 Å². The van der Waals surface area contributed by atoms with E-state index < -0.39 is 0 Å². The number of phenols is 1. The summed E-state index contributed by atoms with van der Waals surface area (Å²) in [5.74, 6) is 0.651. The molecule has 0 heterocycles. The van der Waals surface area contributed by atoms with E-state index in [1.54, 1.807) is 12.1 Å². The first-order valence-corrected chi connectivity index (χ1v) is 4.76. The van der Waals surface area contributed by atoms with E-state index in [1.165, 1.54) is 0 Å². The minimum Gasteiger partial charge on any atom is -0.504 e. The van der Waals surface area contributed by atoms with Crippen molar-refractivity contribution in [1.82, 2.24) is 0 Å². The van der Waals surface area contributed by atoms with Crippen molar-refractivity contribution >= 4 is 0 Å². The average molecular weight is 195 g/mol. The van der Waals surface area contributed by atoms with Crippen molar-refractivity contribution in [2.45, 2.75) is 32.9 Å². The lowest BCUT2D eigenvalue weighted by molar-refractivity contribution is 0.231. The Hall–Kier alpha value is -1.22. The van der Waals surface area contributed by atoms with Crippen molar-refractivity contribution < 1.29 is 9.84 Å². The van der Waals surface area contributed by atoms with E-state index in [4.69, 9.17) is 10.5 Å². The molecule has 0 radical (unpaired) electrons. The maximum atomic E-state index is 9.61. The second-order valence-corrected chi connectivity index (χ2v) is 3.68. The average Bonchev–Trinajstić information content (AvgIpc) is 2.07.